The van der Waals surface area contributed by atoms with Gasteiger partial charge in [0.05, 0.1) is 11.2 Å². The lowest BCUT2D eigenvalue weighted by molar-refractivity contribution is 0.00578. The van der Waals surface area contributed by atoms with Crippen molar-refractivity contribution in [3.8, 4) is 6.07 Å². The highest BCUT2D eigenvalue weighted by molar-refractivity contribution is 14.2. The molecule has 0 radical (unpaired) electrons. The highest BCUT2D eigenvalue weighted by atomic mass is 127. The molecule has 0 aromatic carbocycles. The fourth-order valence-corrected chi connectivity index (χ4v) is 3.99. The van der Waals surface area contributed by atoms with E-state index in [9.17, 15) is 5.26 Å². The monoisotopic (exact) mass is 427 g/mol. The molecule has 2 aromatic rings. The van der Waals surface area contributed by atoms with Gasteiger partial charge in [-0.1, -0.05) is 0 Å². The van der Waals surface area contributed by atoms with E-state index in [1.807, 2.05) is 43.8 Å². The molecule has 0 spiro atoms. The smallest absolute Gasteiger partial charge is 0.399 e. The first-order valence-electron chi connectivity index (χ1n) is 6.86. The van der Waals surface area contributed by atoms with Crippen LogP contribution < -0.4 is 5.46 Å². The van der Waals surface area contributed by atoms with E-state index < -0.39 is 18.3 Å². The number of fused-ring (bicyclic) bond motifs is 1. The third kappa shape index (κ3) is 2.35. The van der Waals surface area contributed by atoms with E-state index in [-0.39, 0.29) is 0 Å². The van der Waals surface area contributed by atoms with Crippen molar-refractivity contribution in [2.24, 2.45) is 0 Å². The van der Waals surface area contributed by atoms with Crippen LogP contribution in [0.25, 0.3) is 11.0 Å². The Labute approximate surface area is 146 Å². The van der Waals surface area contributed by atoms with Gasteiger partial charge in [-0.25, -0.2) is 8.96 Å². The van der Waals surface area contributed by atoms with Crippen molar-refractivity contribution >= 4 is 53.9 Å². The Morgan fingerprint density at radius 1 is 1.32 bits per heavy atom. The SMILES string of the molecule is CC1(C)OB(c2ccnc3c2cc(C#N)n3SI)OC1(C)C. The van der Waals surface area contributed by atoms with E-state index >= 15 is 0 Å². The second-order valence-corrected chi connectivity index (χ2v) is 7.92. The van der Waals surface area contributed by atoms with Gasteiger partial charge in [-0.15, -0.1) is 0 Å². The third-order valence-electron chi connectivity index (χ3n) is 4.39. The average Bonchev–Trinajstić information content (AvgIpc) is 2.92. The number of rotatable bonds is 2. The predicted octanol–water partition coefficient (Wildman–Crippen LogP) is 3.05. The summed E-state index contributed by atoms with van der Waals surface area (Å²) in [5.41, 5.74) is 1.43. The predicted molar refractivity (Wildman–Crippen MR) is 97.2 cm³/mol. The summed E-state index contributed by atoms with van der Waals surface area (Å²) in [5.74, 6) is 0. The lowest BCUT2D eigenvalue weighted by atomic mass is 9.78. The van der Waals surface area contributed by atoms with Crippen LogP contribution in [0.4, 0.5) is 0 Å². The van der Waals surface area contributed by atoms with Gasteiger partial charge in [0.15, 0.2) is 5.65 Å². The van der Waals surface area contributed by atoms with Gasteiger partial charge in [0.1, 0.15) is 11.8 Å². The van der Waals surface area contributed by atoms with E-state index in [0.29, 0.717) is 5.69 Å². The van der Waals surface area contributed by atoms with Gasteiger partial charge in [0.2, 0.25) is 0 Å². The number of halogens is 1. The minimum atomic E-state index is -0.461. The molecule has 0 aliphatic carbocycles. The van der Waals surface area contributed by atoms with Crippen molar-refractivity contribution in [3.05, 3.63) is 24.0 Å². The number of nitrogens with zero attached hydrogens (tertiary/aromatic N) is 3. The lowest BCUT2D eigenvalue weighted by Crippen LogP contribution is -2.41. The van der Waals surface area contributed by atoms with Crippen LogP contribution in [0.5, 0.6) is 0 Å². The molecule has 3 rings (SSSR count). The molecule has 0 bridgehead atoms. The highest BCUT2D eigenvalue weighted by Gasteiger charge is 2.52. The zero-order chi connectivity index (χ0) is 16.1. The molecule has 5 nitrogen and oxygen atoms in total. The first-order valence-corrected chi connectivity index (χ1v) is 10.2. The Bertz CT molecular complexity index is 768. The topological polar surface area (TPSA) is 60.1 Å². The van der Waals surface area contributed by atoms with E-state index in [1.54, 1.807) is 6.20 Å². The summed E-state index contributed by atoms with van der Waals surface area (Å²) in [6, 6.07) is 5.94. The van der Waals surface area contributed by atoms with Gasteiger partial charge in [-0.2, -0.15) is 5.26 Å². The summed E-state index contributed by atoms with van der Waals surface area (Å²) in [6.45, 7) is 8.10. The van der Waals surface area contributed by atoms with Crippen molar-refractivity contribution in [2.75, 3.05) is 0 Å². The molecule has 22 heavy (non-hydrogen) atoms. The van der Waals surface area contributed by atoms with Crippen LogP contribution in [-0.2, 0) is 9.31 Å². The number of hydrogen-bond acceptors (Lipinski definition) is 5. The zero-order valence-corrected chi connectivity index (χ0v) is 15.7. The van der Waals surface area contributed by atoms with Crippen molar-refractivity contribution in [2.45, 2.75) is 38.9 Å². The van der Waals surface area contributed by atoms with E-state index in [4.69, 9.17) is 9.31 Å². The molecule has 0 saturated carbocycles. The second kappa shape index (κ2) is 5.41. The molecule has 0 unspecified atom stereocenters. The quantitative estimate of drug-likeness (QED) is 0.545. The first-order chi connectivity index (χ1) is 10.3. The standard InChI is InChI=1S/C14H15BIN3O2S/c1-13(2)14(3,4)21-15(20-13)11-5-6-18-12-10(11)7-9(8-17)19(12)22-16/h5-7H,1-4H3. The van der Waals surface area contributed by atoms with Gasteiger partial charge in [-0.3, -0.25) is 0 Å². The number of pyridine rings is 1. The Balaban J connectivity index is 2.14. The summed E-state index contributed by atoms with van der Waals surface area (Å²) in [7, 11) is 0.966. The molecule has 1 aliphatic rings. The zero-order valence-electron chi connectivity index (χ0n) is 12.8. The number of hydrogen-bond donors (Lipinski definition) is 0. The molecule has 1 aliphatic heterocycles. The van der Waals surface area contributed by atoms with Crippen molar-refractivity contribution in [1.82, 2.24) is 8.96 Å². The number of aromatic nitrogens is 2. The maximum Gasteiger partial charge on any atom is 0.495 e. The van der Waals surface area contributed by atoms with Gasteiger partial charge >= 0.3 is 7.12 Å². The molecule has 2 aromatic heterocycles. The molecule has 0 N–H and O–H groups in total. The highest BCUT2D eigenvalue weighted by Crippen LogP contribution is 2.37. The molecule has 3 heterocycles. The van der Waals surface area contributed by atoms with Crippen LogP contribution in [0.3, 0.4) is 0 Å². The van der Waals surface area contributed by atoms with Crippen LogP contribution in [0.15, 0.2) is 18.3 Å². The maximum absolute atomic E-state index is 9.30. The third-order valence-corrected chi connectivity index (χ3v) is 6.08. The van der Waals surface area contributed by atoms with Crippen LogP contribution >= 0.6 is 30.3 Å². The largest absolute Gasteiger partial charge is 0.495 e. The molecule has 0 amide bonds. The molecule has 1 saturated heterocycles. The summed E-state index contributed by atoms with van der Waals surface area (Å²) in [5, 5.41) is 10.2. The second-order valence-electron chi connectivity index (χ2n) is 6.23. The van der Waals surface area contributed by atoms with Crippen LogP contribution in [0, 0.1) is 11.3 Å². The van der Waals surface area contributed by atoms with E-state index in [1.165, 1.54) is 9.12 Å². The van der Waals surface area contributed by atoms with Crippen LogP contribution in [0.2, 0.25) is 0 Å². The fourth-order valence-electron chi connectivity index (χ4n) is 2.42. The Kier molecular flexibility index (Phi) is 3.96. The van der Waals surface area contributed by atoms with Crippen LogP contribution in [-0.4, -0.2) is 27.3 Å². The lowest BCUT2D eigenvalue weighted by Gasteiger charge is -2.32. The first kappa shape index (κ1) is 16.1. The number of nitriles is 1. The Hall–Kier alpha value is -0.755. The average molecular weight is 427 g/mol. The minimum Gasteiger partial charge on any atom is -0.399 e. The van der Waals surface area contributed by atoms with Crippen molar-refractivity contribution in [1.29, 1.82) is 5.26 Å². The minimum absolute atomic E-state index is 0.397. The Morgan fingerprint density at radius 2 is 1.95 bits per heavy atom. The molecule has 114 valence electrons. The van der Waals surface area contributed by atoms with Gasteiger partial charge < -0.3 is 9.31 Å². The summed E-state index contributed by atoms with van der Waals surface area (Å²) in [4.78, 5) is 4.40. The molecule has 8 heteroatoms. The van der Waals surface area contributed by atoms with E-state index in [2.05, 4.69) is 32.3 Å². The Morgan fingerprint density at radius 3 is 2.50 bits per heavy atom. The maximum atomic E-state index is 9.30. The fraction of sp³-hybridized carbons (Fsp3) is 0.429. The van der Waals surface area contributed by atoms with Crippen molar-refractivity contribution in [3.63, 3.8) is 0 Å². The van der Waals surface area contributed by atoms with Gasteiger partial charge in [0, 0.05) is 41.9 Å². The molecular formula is C14H15BIN3O2S. The molecule has 1 fully saturated rings. The van der Waals surface area contributed by atoms with Crippen LogP contribution in [0.1, 0.15) is 33.4 Å². The van der Waals surface area contributed by atoms with Gasteiger partial charge in [0.25, 0.3) is 0 Å². The van der Waals surface area contributed by atoms with Crippen molar-refractivity contribution < 1.29 is 9.31 Å². The molecule has 0 atom stereocenters. The summed E-state index contributed by atoms with van der Waals surface area (Å²) < 4.78 is 14.1. The normalized spacial score (nSPS) is 19.5. The van der Waals surface area contributed by atoms with E-state index in [0.717, 1.165) is 16.5 Å². The molecular weight excluding hydrogens is 412 g/mol. The summed E-state index contributed by atoms with van der Waals surface area (Å²) >= 11 is 2.14. The summed E-state index contributed by atoms with van der Waals surface area (Å²) in [6.07, 6.45) is 1.73. The van der Waals surface area contributed by atoms with Gasteiger partial charge in [-0.05, 0) is 45.3 Å².